The molecule has 0 fully saturated rings. The molecule has 2 rings (SSSR count). The van der Waals surface area contributed by atoms with Crippen molar-refractivity contribution in [2.45, 2.75) is 13.8 Å². The molecule has 0 aliphatic carbocycles. The molecule has 0 aliphatic heterocycles. The number of benzene rings is 1. The third-order valence-corrected chi connectivity index (χ3v) is 2.54. The largest absolute Gasteiger partial charge is 0.493 e. The van der Waals surface area contributed by atoms with Gasteiger partial charge in [-0.3, -0.25) is 4.57 Å². The third-order valence-electron chi connectivity index (χ3n) is 2.54. The van der Waals surface area contributed by atoms with Gasteiger partial charge in [-0.25, -0.2) is 4.98 Å². The minimum atomic E-state index is 0.227. The van der Waals surface area contributed by atoms with Crippen LogP contribution in [0.5, 0.6) is 5.88 Å². The molecule has 0 saturated heterocycles. The number of aromatic nitrogens is 2. The molecule has 0 radical (unpaired) electrons. The van der Waals surface area contributed by atoms with Gasteiger partial charge >= 0.3 is 0 Å². The maximum Gasteiger partial charge on any atom is 0.214 e. The highest BCUT2D eigenvalue weighted by molar-refractivity contribution is 5.58. The van der Waals surface area contributed by atoms with E-state index in [4.69, 9.17) is 0 Å². The highest BCUT2D eigenvalue weighted by Gasteiger charge is 2.11. The maximum atomic E-state index is 9.64. The average molecular weight is 202 g/mol. The van der Waals surface area contributed by atoms with E-state index in [1.807, 2.05) is 38.2 Å². The lowest BCUT2D eigenvalue weighted by molar-refractivity contribution is 0.429. The van der Waals surface area contributed by atoms with E-state index in [1.54, 1.807) is 11.5 Å². The lowest BCUT2D eigenvalue weighted by Crippen LogP contribution is -1.91. The Kier molecular flexibility index (Phi) is 2.23. The average Bonchev–Trinajstić information content (AvgIpc) is 2.47. The topological polar surface area (TPSA) is 38.1 Å². The Labute approximate surface area is 89.0 Å². The van der Waals surface area contributed by atoms with Crippen LogP contribution in [0.2, 0.25) is 0 Å². The van der Waals surface area contributed by atoms with Crippen molar-refractivity contribution in [3.8, 4) is 17.3 Å². The van der Waals surface area contributed by atoms with E-state index in [9.17, 15) is 5.11 Å². The molecule has 0 spiro atoms. The zero-order chi connectivity index (χ0) is 11.0. The monoisotopic (exact) mass is 202 g/mol. The molecule has 1 aromatic heterocycles. The summed E-state index contributed by atoms with van der Waals surface area (Å²) in [5, 5.41) is 9.64. The number of hydrogen-bond acceptors (Lipinski definition) is 2. The molecule has 2 aromatic rings. The number of aryl methyl sites for hydroxylation is 2. The summed E-state index contributed by atoms with van der Waals surface area (Å²) >= 11 is 0. The maximum absolute atomic E-state index is 9.64. The van der Waals surface area contributed by atoms with Gasteiger partial charge in [0.15, 0.2) is 0 Å². The van der Waals surface area contributed by atoms with Gasteiger partial charge in [-0.15, -0.1) is 0 Å². The Morgan fingerprint density at radius 3 is 2.20 bits per heavy atom. The van der Waals surface area contributed by atoms with Gasteiger partial charge in [-0.1, -0.05) is 29.8 Å². The van der Waals surface area contributed by atoms with E-state index in [0.717, 1.165) is 11.4 Å². The molecule has 0 saturated carbocycles. The van der Waals surface area contributed by atoms with E-state index < -0.39 is 0 Å². The molecule has 0 atom stereocenters. The Bertz CT molecular complexity index is 483. The van der Waals surface area contributed by atoms with Gasteiger partial charge in [0.1, 0.15) is 5.82 Å². The normalized spacial score (nSPS) is 10.6. The van der Waals surface area contributed by atoms with Gasteiger partial charge in [-0.2, -0.15) is 0 Å². The summed E-state index contributed by atoms with van der Waals surface area (Å²) in [7, 11) is 1.81. The van der Waals surface area contributed by atoms with Crippen molar-refractivity contribution in [2.24, 2.45) is 7.05 Å². The van der Waals surface area contributed by atoms with Crippen molar-refractivity contribution in [1.82, 2.24) is 9.55 Å². The van der Waals surface area contributed by atoms with Crippen LogP contribution in [0, 0.1) is 13.8 Å². The van der Waals surface area contributed by atoms with Gasteiger partial charge in [0, 0.05) is 12.6 Å². The van der Waals surface area contributed by atoms with Crippen LogP contribution in [-0.2, 0) is 7.05 Å². The third kappa shape index (κ3) is 1.61. The second-order valence-electron chi connectivity index (χ2n) is 3.77. The molecule has 15 heavy (non-hydrogen) atoms. The van der Waals surface area contributed by atoms with E-state index >= 15 is 0 Å². The van der Waals surface area contributed by atoms with Crippen molar-refractivity contribution >= 4 is 0 Å². The zero-order valence-electron chi connectivity index (χ0n) is 9.15. The summed E-state index contributed by atoms with van der Waals surface area (Å²) in [4.78, 5) is 4.32. The first kappa shape index (κ1) is 9.77. The molecule has 0 aliphatic rings. The molecule has 3 heteroatoms. The highest BCUT2D eigenvalue weighted by atomic mass is 16.3. The van der Waals surface area contributed by atoms with Crippen LogP contribution < -0.4 is 0 Å². The molecular weight excluding hydrogens is 188 g/mol. The fraction of sp³-hybridized carbons (Fsp3) is 0.250. The summed E-state index contributed by atoms with van der Waals surface area (Å²) in [6.07, 6.45) is 0. The first-order chi connectivity index (χ1) is 7.09. The predicted molar refractivity (Wildman–Crippen MR) is 59.8 cm³/mol. The van der Waals surface area contributed by atoms with Crippen molar-refractivity contribution in [3.05, 3.63) is 35.5 Å². The molecular formula is C12H14N2O. The zero-order valence-corrected chi connectivity index (χ0v) is 9.15. The van der Waals surface area contributed by atoms with Crippen LogP contribution in [0.1, 0.15) is 11.3 Å². The predicted octanol–water partition coefficient (Wildman–Crippen LogP) is 2.41. The molecule has 78 valence electrons. The summed E-state index contributed by atoms with van der Waals surface area (Å²) in [5.41, 5.74) is 2.90. The van der Waals surface area contributed by atoms with Gasteiger partial charge in [0.25, 0.3) is 0 Å². The van der Waals surface area contributed by atoms with Crippen LogP contribution in [0.25, 0.3) is 11.4 Å². The van der Waals surface area contributed by atoms with Crippen LogP contribution in [0.15, 0.2) is 24.3 Å². The first-order valence-electron chi connectivity index (χ1n) is 4.89. The first-order valence-corrected chi connectivity index (χ1v) is 4.89. The molecule has 1 aromatic carbocycles. The van der Waals surface area contributed by atoms with Crippen LogP contribution >= 0.6 is 0 Å². The number of nitrogens with zero attached hydrogens (tertiary/aromatic N) is 2. The summed E-state index contributed by atoms with van der Waals surface area (Å²) in [6.45, 7) is 3.85. The van der Waals surface area contributed by atoms with Crippen LogP contribution in [-0.4, -0.2) is 14.7 Å². The second kappa shape index (κ2) is 3.42. The van der Waals surface area contributed by atoms with Crippen LogP contribution in [0.3, 0.4) is 0 Å². The Balaban J connectivity index is 2.54. The summed E-state index contributed by atoms with van der Waals surface area (Å²) in [5.74, 6) is 1.02. The van der Waals surface area contributed by atoms with Crippen molar-refractivity contribution < 1.29 is 5.11 Å². The lowest BCUT2D eigenvalue weighted by atomic mass is 10.1. The van der Waals surface area contributed by atoms with Gasteiger partial charge in [-0.05, 0) is 13.8 Å². The van der Waals surface area contributed by atoms with Gasteiger partial charge in [0.2, 0.25) is 5.88 Å². The Hall–Kier alpha value is -1.77. The molecule has 0 amide bonds. The number of imidazole rings is 1. The van der Waals surface area contributed by atoms with Gasteiger partial charge < -0.3 is 5.11 Å². The van der Waals surface area contributed by atoms with E-state index in [1.165, 1.54) is 5.56 Å². The molecule has 0 bridgehead atoms. The molecule has 1 N–H and O–H groups in total. The number of hydrogen-bond donors (Lipinski definition) is 1. The van der Waals surface area contributed by atoms with E-state index in [0.29, 0.717) is 5.69 Å². The number of rotatable bonds is 1. The molecule has 3 nitrogen and oxygen atoms in total. The minimum absolute atomic E-state index is 0.227. The Morgan fingerprint density at radius 2 is 1.73 bits per heavy atom. The lowest BCUT2D eigenvalue weighted by Gasteiger charge is -2.02. The van der Waals surface area contributed by atoms with Gasteiger partial charge in [0.05, 0.1) is 5.69 Å². The van der Waals surface area contributed by atoms with Crippen molar-refractivity contribution in [1.29, 1.82) is 0 Å². The molecule has 1 heterocycles. The quantitative estimate of drug-likeness (QED) is 0.771. The fourth-order valence-corrected chi connectivity index (χ4v) is 1.59. The van der Waals surface area contributed by atoms with E-state index in [2.05, 4.69) is 4.98 Å². The highest BCUT2D eigenvalue weighted by Crippen LogP contribution is 2.24. The Morgan fingerprint density at radius 1 is 1.13 bits per heavy atom. The fourth-order valence-electron chi connectivity index (χ4n) is 1.59. The minimum Gasteiger partial charge on any atom is -0.493 e. The van der Waals surface area contributed by atoms with Crippen molar-refractivity contribution in [3.63, 3.8) is 0 Å². The van der Waals surface area contributed by atoms with Crippen LogP contribution in [0.4, 0.5) is 0 Å². The van der Waals surface area contributed by atoms with E-state index in [-0.39, 0.29) is 5.88 Å². The summed E-state index contributed by atoms with van der Waals surface area (Å²) in [6, 6.07) is 8.10. The smallest absolute Gasteiger partial charge is 0.214 e. The summed E-state index contributed by atoms with van der Waals surface area (Å²) < 4.78 is 1.69. The second-order valence-corrected chi connectivity index (χ2v) is 3.77. The van der Waals surface area contributed by atoms with Crippen molar-refractivity contribution in [2.75, 3.05) is 0 Å². The SMILES string of the molecule is Cc1ccc(-c2nc(C)c(O)n2C)cc1. The molecule has 0 unspecified atom stereocenters. The standard InChI is InChI=1S/C12H14N2O/c1-8-4-6-10(7-5-8)11-13-9(2)12(15)14(11)3/h4-7,15H,1-3H3. The number of aromatic hydroxyl groups is 1.